The van der Waals surface area contributed by atoms with Gasteiger partial charge in [0.1, 0.15) is 0 Å². The van der Waals surface area contributed by atoms with Gasteiger partial charge in [0.15, 0.2) is 0 Å². The molecule has 114 valence electrons. The fourth-order valence-corrected chi connectivity index (χ4v) is 2.73. The van der Waals surface area contributed by atoms with Crippen molar-refractivity contribution in [3.63, 3.8) is 0 Å². The molecule has 0 aromatic heterocycles. The van der Waals surface area contributed by atoms with E-state index >= 15 is 0 Å². The first-order valence-corrected chi connectivity index (χ1v) is 7.37. The highest BCUT2D eigenvalue weighted by Gasteiger charge is 2.44. The third-order valence-electron chi connectivity index (χ3n) is 4.30. The Morgan fingerprint density at radius 1 is 1.33 bits per heavy atom. The SMILES string of the molecule is CCC1(C(=O)O)CCN(C(=O)NCCc2ccccc2)C1. The Balaban J connectivity index is 1.81. The lowest BCUT2D eigenvalue weighted by molar-refractivity contribution is -0.148. The summed E-state index contributed by atoms with van der Waals surface area (Å²) in [5.41, 5.74) is 0.407. The van der Waals surface area contributed by atoms with Gasteiger partial charge in [0.05, 0.1) is 5.41 Å². The molecule has 1 aromatic rings. The molecule has 5 heteroatoms. The van der Waals surface area contributed by atoms with Crippen LogP contribution < -0.4 is 5.32 Å². The van der Waals surface area contributed by atoms with Gasteiger partial charge in [-0.2, -0.15) is 0 Å². The van der Waals surface area contributed by atoms with Crippen LogP contribution in [0, 0.1) is 5.41 Å². The molecule has 0 saturated carbocycles. The quantitative estimate of drug-likeness (QED) is 0.872. The second kappa shape index (κ2) is 6.61. The first-order chi connectivity index (χ1) is 10.1. The molecule has 0 radical (unpaired) electrons. The summed E-state index contributed by atoms with van der Waals surface area (Å²) in [5, 5.41) is 12.2. The van der Waals surface area contributed by atoms with Gasteiger partial charge in [-0.25, -0.2) is 4.79 Å². The van der Waals surface area contributed by atoms with Gasteiger partial charge in [-0.15, -0.1) is 0 Å². The van der Waals surface area contributed by atoms with E-state index in [4.69, 9.17) is 0 Å². The molecule has 2 N–H and O–H groups in total. The van der Waals surface area contributed by atoms with Crippen molar-refractivity contribution in [1.29, 1.82) is 0 Å². The minimum Gasteiger partial charge on any atom is -0.481 e. The number of urea groups is 1. The molecular formula is C16H22N2O3. The van der Waals surface area contributed by atoms with E-state index < -0.39 is 11.4 Å². The maximum absolute atomic E-state index is 12.1. The second-order valence-corrected chi connectivity index (χ2v) is 5.58. The van der Waals surface area contributed by atoms with Crippen molar-refractivity contribution in [2.24, 2.45) is 5.41 Å². The highest BCUT2D eigenvalue weighted by Crippen LogP contribution is 2.34. The molecule has 1 heterocycles. The predicted molar refractivity (Wildman–Crippen MR) is 80.1 cm³/mol. The fourth-order valence-electron chi connectivity index (χ4n) is 2.73. The number of carboxylic acids is 1. The molecule has 2 rings (SSSR count). The lowest BCUT2D eigenvalue weighted by Gasteiger charge is -2.23. The minimum absolute atomic E-state index is 0.164. The van der Waals surface area contributed by atoms with E-state index in [0.717, 1.165) is 6.42 Å². The van der Waals surface area contributed by atoms with Crippen LogP contribution in [0.1, 0.15) is 25.3 Å². The maximum atomic E-state index is 12.1. The molecule has 21 heavy (non-hydrogen) atoms. The largest absolute Gasteiger partial charge is 0.481 e. The molecule has 2 amide bonds. The summed E-state index contributed by atoms with van der Waals surface area (Å²) in [6.45, 7) is 3.24. The number of carbonyl (C=O) groups is 2. The van der Waals surface area contributed by atoms with Gasteiger partial charge in [-0.3, -0.25) is 4.79 Å². The summed E-state index contributed by atoms with van der Waals surface area (Å²) in [6, 6.07) is 9.79. The van der Waals surface area contributed by atoms with Crippen LogP contribution in [0.3, 0.4) is 0 Å². The van der Waals surface area contributed by atoms with Crippen molar-refractivity contribution in [3.8, 4) is 0 Å². The Hall–Kier alpha value is -2.04. The molecule has 1 saturated heterocycles. The number of carboxylic acid groups (broad SMARTS) is 1. The summed E-state index contributed by atoms with van der Waals surface area (Å²) in [5.74, 6) is -0.801. The lowest BCUT2D eigenvalue weighted by atomic mass is 9.84. The van der Waals surface area contributed by atoms with Gasteiger partial charge in [-0.1, -0.05) is 37.3 Å². The van der Waals surface area contributed by atoms with Crippen LogP contribution in [-0.2, 0) is 11.2 Å². The van der Waals surface area contributed by atoms with Gasteiger partial charge in [0, 0.05) is 19.6 Å². The fraction of sp³-hybridized carbons (Fsp3) is 0.500. The zero-order valence-electron chi connectivity index (χ0n) is 12.3. The number of likely N-dealkylation sites (tertiary alicyclic amines) is 1. The zero-order valence-corrected chi connectivity index (χ0v) is 12.3. The van der Waals surface area contributed by atoms with Crippen LogP contribution >= 0.6 is 0 Å². The van der Waals surface area contributed by atoms with Crippen LogP contribution in [0.5, 0.6) is 0 Å². The van der Waals surface area contributed by atoms with Crippen LogP contribution in [-0.4, -0.2) is 41.6 Å². The van der Waals surface area contributed by atoms with E-state index in [9.17, 15) is 14.7 Å². The van der Waals surface area contributed by atoms with E-state index in [0.29, 0.717) is 32.5 Å². The summed E-state index contributed by atoms with van der Waals surface area (Å²) in [6.07, 6.45) is 1.86. The Morgan fingerprint density at radius 3 is 2.62 bits per heavy atom. The molecule has 1 atom stereocenters. The van der Waals surface area contributed by atoms with Gasteiger partial charge in [0.2, 0.25) is 0 Å². The number of hydrogen-bond donors (Lipinski definition) is 2. The van der Waals surface area contributed by atoms with Gasteiger partial charge in [-0.05, 0) is 24.8 Å². The zero-order chi connectivity index (χ0) is 15.3. The summed E-state index contributed by atoms with van der Waals surface area (Å²) < 4.78 is 0. The van der Waals surface area contributed by atoms with Crippen molar-refractivity contribution < 1.29 is 14.7 Å². The van der Waals surface area contributed by atoms with E-state index in [1.807, 2.05) is 37.3 Å². The van der Waals surface area contributed by atoms with Gasteiger partial charge >= 0.3 is 12.0 Å². The van der Waals surface area contributed by atoms with Crippen molar-refractivity contribution in [1.82, 2.24) is 10.2 Å². The number of amides is 2. The molecule has 1 aliphatic heterocycles. The van der Waals surface area contributed by atoms with E-state index in [-0.39, 0.29) is 6.03 Å². The van der Waals surface area contributed by atoms with Crippen LogP contribution in [0.15, 0.2) is 30.3 Å². The first-order valence-electron chi connectivity index (χ1n) is 7.37. The van der Waals surface area contributed by atoms with E-state index in [1.54, 1.807) is 4.90 Å². The average molecular weight is 290 g/mol. The number of nitrogens with one attached hydrogen (secondary N) is 1. The number of rotatable bonds is 5. The Labute approximate surface area is 125 Å². The summed E-state index contributed by atoms with van der Waals surface area (Å²) in [7, 11) is 0. The minimum atomic E-state index is -0.801. The number of benzene rings is 1. The third kappa shape index (κ3) is 3.54. The van der Waals surface area contributed by atoms with E-state index in [1.165, 1.54) is 5.56 Å². The van der Waals surface area contributed by atoms with Crippen LogP contribution in [0.4, 0.5) is 4.79 Å². The van der Waals surface area contributed by atoms with Gasteiger partial charge < -0.3 is 15.3 Å². The highest BCUT2D eigenvalue weighted by molar-refractivity contribution is 5.79. The highest BCUT2D eigenvalue weighted by atomic mass is 16.4. The van der Waals surface area contributed by atoms with Crippen molar-refractivity contribution in [2.75, 3.05) is 19.6 Å². The van der Waals surface area contributed by atoms with Crippen LogP contribution in [0.25, 0.3) is 0 Å². The number of aliphatic carboxylic acids is 1. The Kier molecular flexibility index (Phi) is 4.83. The molecule has 1 fully saturated rings. The number of hydrogen-bond acceptors (Lipinski definition) is 2. The summed E-state index contributed by atoms with van der Waals surface area (Å²) in [4.78, 5) is 25.1. The molecule has 0 bridgehead atoms. The Morgan fingerprint density at radius 2 is 2.05 bits per heavy atom. The van der Waals surface area contributed by atoms with Crippen molar-refractivity contribution in [3.05, 3.63) is 35.9 Å². The molecule has 0 spiro atoms. The monoisotopic (exact) mass is 290 g/mol. The topological polar surface area (TPSA) is 69.6 Å². The second-order valence-electron chi connectivity index (χ2n) is 5.58. The number of carbonyl (C=O) groups excluding carboxylic acids is 1. The molecule has 1 aromatic carbocycles. The lowest BCUT2D eigenvalue weighted by Crippen LogP contribution is -2.42. The molecule has 1 aliphatic rings. The van der Waals surface area contributed by atoms with Crippen molar-refractivity contribution >= 4 is 12.0 Å². The maximum Gasteiger partial charge on any atom is 0.317 e. The van der Waals surface area contributed by atoms with Gasteiger partial charge in [0.25, 0.3) is 0 Å². The normalized spacial score (nSPS) is 21.3. The third-order valence-corrected chi connectivity index (χ3v) is 4.30. The smallest absolute Gasteiger partial charge is 0.317 e. The summed E-state index contributed by atoms with van der Waals surface area (Å²) >= 11 is 0. The molecule has 5 nitrogen and oxygen atoms in total. The van der Waals surface area contributed by atoms with Crippen molar-refractivity contribution in [2.45, 2.75) is 26.2 Å². The van der Waals surface area contributed by atoms with E-state index in [2.05, 4.69) is 5.32 Å². The standard InChI is InChI=1S/C16H22N2O3/c1-2-16(14(19)20)9-11-18(12-16)15(21)17-10-8-13-6-4-3-5-7-13/h3-7H,2,8-12H2,1H3,(H,17,21)(H,19,20). The van der Waals surface area contributed by atoms with Crippen LogP contribution in [0.2, 0.25) is 0 Å². The number of nitrogens with zero attached hydrogens (tertiary/aromatic N) is 1. The Bertz CT molecular complexity index is 504. The molecule has 1 unspecified atom stereocenters. The molecular weight excluding hydrogens is 268 g/mol. The predicted octanol–water partition coefficient (Wildman–Crippen LogP) is 2.13. The molecule has 0 aliphatic carbocycles. The average Bonchev–Trinajstić information content (AvgIpc) is 2.94. The first kappa shape index (κ1) is 15.4.